The Morgan fingerprint density at radius 2 is 1.86 bits per heavy atom. The zero-order valence-electron chi connectivity index (χ0n) is 11.7. The monoisotopic (exact) mass is 284 g/mol. The molecular weight excluding hydrogens is 268 g/mol. The van der Waals surface area contributed by atoms with E-state index in [1.165, 1.54) is 12.1 Å². The minimum absolute atomic E-state index is 0.107. The first kappa shape index (κ1) is 14.8. The van der Waals surface area contributed by atoms with Gasteiger partial charge < -0.3 is 14.6 Å². The molecule has 2 aromatic carbocycles. The normalized spacial score (nSPS) is 11.7. The van der Waals surface area contributed by atoms with Gasteiger partial charge in [0.1, 0.15) is 17.8 Å². The molecule has 0 heterocycles. The third-order valence-electron chi connectivity index (χ3n) is 3.29. The number of phenolic OH excluding ortho intramolecular Hbond substituents is 1. The maximum Gasteiger partial charge on any atom is 0.177 e. The molecule has 0 radical (unpaired) electrons. The number of para-hydroxylation sites is 1. The molecule has 0 saturated heterocycles. The van der Waals surface area contributed by atoms with Crippen LogP contribution in [0.3, 0.4) is 0 Å². The Morgan fingerprint density at radius 1 is 1.19 bits per heavy atom. The second kappa shape index (κ2) is 6.70. The molecule has 4 heteroatoms. The predicted molar refractivity (Wildman–Crippen MR) is 78.7 cm³/mol. The van der Waals surface area contributed by atoms with Crippen LogP contribution in [0.25, 0.3) is 0 Å². The van der Waals surface area contributed by atoms with Gasteiger partial charge in [-0.1, -0.05) is 24.3 Å². The number of hydrogen-bond donors (Lipinski definition) is 1. The average molecular weight is 284 g/mol. The Balaban J connectivity index is 2.17. The van der Waals surface area contributed by atoms with Gasteiger partial charge in [0.25, 0.3) is 0 Å². The maximum atomic E-state index is 12.3. The smallest absolute Gasteiger partial charge is 0.177 e. The van der Waals surface area contributed by atoms with Crippen molar-refractivity contribution < 1.29 is 19.4 Å². The van der Waals surface area contributed by atoms with E-state index in [0.717, 1.165) is 5.56 Å². The molecule has 0 saturated carbocycles. The summed E-state index contributed by atoms with van der Waals surface area (Å²) < 4.78 is 5.06. The SMILES string of the molecule is COc1ccc(CC(C=O)C(=O)c2ccccc2O)cc1. The highest BCUT2D eigenvalue weighted by Crippen LogP contribution is 2.22. The summed E-state index contributed by atoms with van der Waals surface area (Å²) >= 11 is 0. The summed E-state index contributed by atoms with van der Waals surface area (Å²) in [5.74, 6) is -0.580. The second-order valence-electron chi connectivity index (χ2n) is 4.68. The molecule has 108 valence electrons. The molecule has 0 fully saturated rings. The molecule has 0 aromatic heterocycles. The molecule has 2 rings (SSSR count). The minimum Gasteiger partial charge on any atom is -0.507 e. The van der Waals surface area contributed by atoms with Crippen LogP contribution in [0.1, 0.15) is 15.9 Å². The van der Waals surface area contributed by atoms with Crippen LogP contribution in [0, 0.1) is 5.92 Å². The van der Waals surface area contributed by atoms with Crippen molar-refractivity contribution in [3.63, 3.8) is 0 Å². The Morgan fingerprint density at radius 3 is 2.43 bits per heavy atom. The van der Waals surface area contributed by atoms with Crippen LogP contribution in [0.5, 0.6) is 11.5 Å². The van der Waals surface area contributed by atoms with Gasteiger partial charge in [-0.3, -0.25) is 4.79 Å². The van der Waals surface area contributed by atoms with Crippen molar-refractivity contribution in [3.8, 4) is 11.5 Å². The highest BCUT2D eigenvalue weighted by atomic mass is 16.5. The van der Waals surface area contributed by atoms with Gasteiger partial charge >= 0.3 is 0 Å². The number of hydrogen-bond acceptors (Lipinski definition) is 4. The van der Waals surface area contributed by atoms with Gasteiger partial charge in [0.2, 0.25) is 0 Å². The number of rotatable bonds is 6. The number of ether oxygens (including phenoxy) is 1. The van der Waals surface area contributed by atoms with Gasteiger partial charge in [-0.25, -0.2) is 0 Å². The molecule has 0 aliphatic carbocycles. The van der Waals surface area contributed by atoms with E-state index in [0.29, 0.717) is 18.5 Å². The van der Waals surface area contributed by atoms with Gasteiger partial charge in [0.05, 0.1) is 18.6 Å². The van der Waals surface area contributed by atoms with E-state index < -0.39 is 5.92 Å². The first-order valence-electron chi connectivity index (χ1n) is 6.56. The van der Waals surface area contributed by atoms with E-state index in [-0.39, 0.29) is 17.1 Å². The van der Waals surface area contributed by atoms with Gasteiger partial charge in [-0.15, -0.1) is 0 Å². The molecule has 0 bridgehead atoms. The van der Waals surface area contributed by atoms with Crippen LogP contribution in [-0.2, 0) is 11.2 Å². The van der Waals surface area contributed by atoms with Crippen molar-refractivity contribution in [1.82, 2.24) is 0 Å². The first-order valence-corrected chi connectivity index (χ1v) is 6.56. The number of carbonyl (C=O) groups excluding carboxylic acids is 2. The van der Waals surface area contributed by atoms with Crippen molar-refractivity contribution in [3.05, 3.63) is 59.7 Å². The van der Waals surface area contributed by atoms with Gasteiger partial charge in [0, 0.05) is 0 Å². The highest BCUT2D eigenvalue weighted by Gasteiger charge is 2.22. The zero-order chi connectivity index (χ0) is 15.2. The molecule has 1 atom stereocenters. The topological polar surface area (TPSA) is 63.6 Å². The summed E-state index contributed by atoms with van der Waals surface area (Å²) in [5, 5.41) is 9.71. The highest BCUT2D eigenvalue weighted by molar-refractivity contribution is 6.07. The van der Waals surface area contributed by atoms with Crippen molar-refractivity contribution in [2.45, 2.75) is 6.42 Å². The lowest BCUT2D eigenvalue weighted by Gasteiger charge is -2.11. The summed E-state index contributed by atoms with van der Waals surface area (Å²) in [6.07, 6.45) is 0.916. The molecule has 0 amide bonds. The number of methoxy groups -OCH3 is 1. The van der Waals surface area contributed by atoms with E-state index in [1.807, 2.05) is 12.1 Å². The van der Waals surface area contributed by atoms with Crippen molar-refractivity contribution in [2.75, 3.05) is 7.11 Å². The van der Waals surface area contributed by atoms with E-state index in [9.17, 15) is 14.7 Å². The van der Waals surface area contributed by atoms with Crippen LogP contribution >= 0.6 is 0 Å². The summed E-state index contributed by atoms with van der Waals surface area (Å²) in [7, 11) is 1.57. The lowest BCUT2D eigenvalue weighted by Crippen LogP contribution is -2.19. The number of benzene rings is 2. The summed E-state index contributed by atoms with van der Waals surface area (Å²) in [4.78, 5) is 23.5. The molecule has 0 aliphatic rings. The largest absolute Gasteiger partial charge is 0.507 e. The summed E-state index contributed by atoms with van der Waals surface area (Å²) in [6, 6.07) is 13.4. The third kappa shape index (κ3) is 3.48. The minimum atomic E-state index is -0.813. The van der Waals surface area contributed by atoms with E-state index in [1.54, 1.807) is 31.4 Å². The van der Waals surface area contributed by atoms with Gasteiger partial charge in [-0.05, 0) is 36.2 Å². The Hall–Kier alpha value is -2.62. The van der Waals surface area contributed by atoms with Crippen molar-refractivity contribution >= 4 is 12.1 Å². The standard InChI is InChI=1S/C17H16O4/c1-21-14-8-6-12(7-9-14)10-13(11-18)17(20)15-4-2-3-5-16(15)19/h2-9,11,13,19H,10H2,1H3. The molecule has 1 unspecified atom stereocenters. The van der Waals surface area contributed by atoms with Crippen LogP contribution in [0.2, 0.25) is 0 Å². The maximum absolute atomic E-state index is 12.3. The average Bonchev–Trinajstić information content (AvgIpc) is 2.53. The molecular formula is C17H16O4. The summed E-state index contributed by atoms with van der Waals surface area (Å²) in [6.45, 7) is 0. The predicted octanol–water partition coefficient (Wildman–Crippen LogP) is 2.64. The van der Waals surface area contributed by atoms with E-state index >= 15 is 0 Å². The van der Waals surface area contributed by atoms with Crippen LogP contribution in [-0.4, -0.2) is 24.3 Å². The Kier molecular flexibility index (Phi) is 4.72. The van der Waals surface area contributed by atoms with Crippen molar-refractivity contribution in [2.24, 2.45) is 5.92 Å². The number of aldehydes is 1. The first-order chi connectivity index (χ1) is 10.2. The number of Topliss-reactive ketones (excluding diaryl/α,β-unsaturated/α-hetero) is 1. The molecule has 4 nitrogen and oxygen atoms in total. The Labute approximate surface area is 123 Å². The summed E-state index contributed by atoms with van der Waals surface area (Å²) in [5.41, 5.74) is 1.03. The van der Waals surface area contributed by atoms with Crippen molar-refractivity contribution in [1.29, 1.82) is 0 Å². The fourth-order valence-electron chi connectivity index (χ4n) is 2.10. The molecule has 1 N–H and O–H groups in total. The Bertz CT molecular complexity index is 631. The van der Waals surface area contributed by atoms with Crippen LogP contribution < -0.4 is 4.74 Å². The number of ketones is 1. The van der Waals surface area contributed by atoms with Crippen LogP contribution in [0.15, 0.2) is 48.5 Å². The lowest BCUT2D eigenvalue weighted by atomic mass is 9.92. The number of phenols is 1. The molecule has 0 spiro atoms. The molecule has 2 aromatic rings. The fourth-order valence-corrected chi connectivity index (χ4v) is 2.10. The number of aromatic hydroxyl groups is 1. The zero-order valence-corrected chi connectivity index (χ0v) is 11.7. The fraction of sp³-hybridized carbons (Fsp3) is 0.176. The van der Waals surface area contributed by atoms with Gasteiger partial charge in [0.15, 0.2) is 5.78 Å². The molecule has 21 heavy (non-hydrogen) atoms. The quantitative estimate of drug-likeness (QED) is 0.503. The van der Waals surface area contributed by atoms with Gasteiger partial charge in [-0.2, -0.15) is 0 Å². The second-order valence-corrected chi connectivity index (χ2v) is 4.68. The lowest BCUT2D eigenvalue weighted by molar-refractivity contribution is -0.109. The molecule has 0 aliphatic heterocycles. The van der Waals surface area contributed by atoms with E-state index in [4.69, 9.17) is 4.74 Å². The number of carbonyl (C=O) groups is 2. The third-order valence-corrected chi connectivity index (χ3v) is 3.29. The van der Waals surface area contributed by atoms with Crippen LogP contribution in [0.4, 0.5) is 0 Å². The van der Waals surface area contributed by atoms with E-state index in [2.05, 4.69) is 0 Å².